The van der Waals surface area contributed by atoms with Crippen molar-refractivity contribution in [3.63, 3.8) is 0 Å². The summed E-state index contributed by atoms with van der Waals surface area (Å²) >= 11 is 0. The van der Waals surface area contributed by atoms with Gasteiger partial charge in [-0.3, -0.25) is 9.69 Å². The minimum Gasteiger partial charge on any atom is -0.467 e. The highest BCUT2D eigenvalue weighted by Crippen LogP contribution is 2.32. The summed E-state index contributed by atoms with van der Waals surface area (Å²) in [5.41, 5.74) is 1.58. The number of hydrogen-bond acceptors (Lipinski definition) is 4. The molecule has 0 aliphatic carbocycles. The van der Waals surface area contributed by atoms with Crippen LogP contribution in [0, 0.1) is 5.82 Å². The van der Waals surface area contributed by atoms with E-state index in [-0.39, 0.29) is 17.8 Å². The van der Waals surface area contributed by atoms with Crippen molar-refractivity contribution in [1.29, 1.82) is 0 Å². The lowest BCUT2D eigenvalue weighted by Crippen LogP contribution is -2.38. The highest BCUT2D eigenvalue weighted by molar-refractivity contribution is 5.94. The molecule has 1 aromatic carbocycles. The van der Waals surface area contributed by atoms with Gasteiger partial charge in [-0.2, -0.15) is 0 Å². The van der Waals surface area contributed by atoms with Gasteiger partial charge in [0.25, 0.3) is 5.91 Å². The molecular formula is C21H25FN2O3. The summed E-state index contributed by atoms with van der Waals surface area (Å²) in [6.07, 6.45) is 4.52. The van der Waals surface area contributed by atoms with Gasteiger partial charge in [0.05, 0.1) is 31.4 Å². The van der Waals surface area contributed by atoms with E-state index in [0.29, 0.717) is 18.7 Å². The second kappa shape index (κ2) is 8.23. The van der Waals surface area contributed by atoms with Crippen LogP contribution in [0.1, 0.15) is 47.0 Å². The van der Waals surface area contributed by atoms with Crippen molar-refractivity contribution in [2.24, 2.45) is 0 Å². The fourth-order valence-electron chi connectivity index (χ4n) is 3.93. The minimum absolute atomic E-state index is 0.00977. The van der Waals surface area contributed by atoms with E-state index in [2.05, 4.69) is 4.90 Å². The van der Waals surface area contributed by atoms with Gasteiger partial charge in [-0.15, -0.1) is 0 Å². The third-order valence-electron chi connectivity index (χ3n) is 5.40. The number of likely N-dealkylation sites (tertiary alicyclic amines) is 1. The molecule has 1 aromatic heterocycles. The van der Waals surface area contributed by atoms with E-state index in [0.717, 1.165) is 56.9 Å². The molecule has 0 unspecified atom stereocenters. The number of ether oxygens (including phenoxy) is 1. The van der Waals surface area contributed by atoms with Crippen LogP contribution in [0.5, 0.6) is 0 Å². The van der Waals surface area contributed by atoms with Crippen LogP contribution in [0.15, 0.2) is 41.0 Å². The zero-order valence-electron chi connectivity index (χ0n) is 15.4. The maximum atomic E-state index is 13.3. The summed E-state index contributed by atoms with van der Waals surface area (Å²) in [7, 11) is 0. The van der Waals surface area contributed by atoms with Gasteiger partial charge in [-0.1, -0.05) is 12.1 Å². The quantitative estimate of drug-likeness (QED) is 0.822. The number of carbonyl (C=O) groups is 1. The van der Waals surface area contributed by atoms with E-state index in [9.17, 15) is 9.18 Å². The van der Waals surface area contributed by atoms with Crippen molar-refractivity contribution >= 4 is 5.91 Å². The van der Waals surface area contributed by atoms with E-state index >= 15 is 0 Å². The number of nitrogens with zero attached hydrogens (tertiary/aromatic N) is 2. The first-order chi connectivity index (χ1) is 13.2. The molecule has 0 N–H and O–H groups in total. The van der Waals surface area contributed by atoms with Gasteiger partial charge < -0.3 is 14.1 Å². The summed E-state index contributed by atoms with van der Waals surface area (Å²) in [5, 5.41) is 0. The number of carbonyl (C=O) groups excluding carboxylic acids is 1. The lowest BCUT2D eigenvalue weighted by atomic mass is 9.94. The first kappa shape index (κ1) is 18.2. The normalized spacial score (nSPS) is 21.4. The Bertz CT molecular complexity index is 768. The van der Waals surface area contributed by atoms with Gasteiger partial charge in [-0.05, 0) is 43.0 Å². The summed E-state index contributed by atoms with van der Waals surface area (Å²) in [4.78, 5) is 17.3. The molecule has 6 heteroatoms. The summed E-state index contributed by atoms with van der Waals surface area (Å²) in [6.45, 7) is 4.63. The monoisotopic (exact) mass is 372 g/mol. The molecule has 0 radical (unpaired) electrons. The molecular weight excluding hydrogens is 347 g/mol. The van der Waals surface area contributed by atoms with Crippen LogP contribution in [0.2, 0.25) is 0 Å². The van der Waals surface area contributed by atoms with Crippen molar-refractivity contribution in [2.75, 3.05) is 32.8 Å². The first-order valence-electron chi connectivity index (χ1n) is 9.64. The Morgan fingerprint density at radius 2 is 1.89 bits per heavy atom. The van der Waals surface area contributed by atoms with Crippen LogP contribution >= 0.6 is 0 Å². The number of piperidine rings is 1. The Balaban J connectivity index is 1.47. The molecule has 5 nitrogen and oxygen atoms in total. The highest BCUT2D eigenvalue weighted by atomic mass is 19.1. The number of morpholine rings is 1. The molecule has 0 saturated carbocycles. The number of hydrogen-bond donors (Lipinski definition) is 0. The Morgan fingerprint density at radius 3 is 2.67 bits per heavy atom. The van der Waals surface area contributed by atoms with E-state index in [1.165, 1.54) is 12.1 Å². The van der Waals surface area contributed by atoms with Crippen LogP contribution in [0.4, 0.5) is 4.39 Å². The summed E-state index contributed by atoms with van der Waals surface area (Å²) in [5.74, 6) is 0.534. The van der Waals surface area contributed by atoms with Crippen molar-refractivity contribution in [2.45, 2.75) is 31.8 Å². The first-order valence-corrected chi connectivity index (χ1v) is 9.64. The average Bonchev–Trinajstić information content (AvgIpc) is 3.17. The van der Waals surface area contributed by atoms with Gasteiger partial charge in [0.15, 0.2) is 0 Å². The zero-order chi connectivity index (χ0) is 18.6. The molecule has 2 aliphatic heterocycles. The number of rotatable bonds is 4. The molecule has 4 rings (SSSR count). The summed E-state index contributed by atoms with van der Waals surface area (Å²) < 4.78 is 24.3. The fraction of sp³-hybridized carbons (Fsp3) is 0.476. The molecule has 2 fully saturated rings. The topological polar surface area (TPSA) is 45.9 Å². The van der Waals surface area contributed by atoms with Crippen molar-refractivity contribution in [3.8, 4) is 0 Å². The second-order valence-corrected chi connectivity index (χ2v) is 7.25. The molecule has 27 heavy (non-hydrogen) atoms. The van der Waals surface area contributed by atoms with Gasteiger partial charge in [0.2, 0.25) is 0 Å². The standard InChI is InChI=1S/C21H25FN2O3/c22-18-6-4-16(5-7-18)20-3-1-2-8-24(20)21(25)17-13-19(27-15-17)14-23-9-11-26-12-10-23/h4-7,13,15,20H,1-3,8-12,14H2/t20-/m0/s1. The van der Waals surface area contributed by atoms with E-state index in [1.54, 1.807) is 18.4 Å². The molecule has 2 aromatic rings. The largest absolute Gasteiger partial charge is 0.467 e. The van der Waals surface area contributed by atoms with Crippen LogP contribution < -0.4 is 0 Å². The number of amides is 1. The van der Waals surface area contributed by atoms with Crippen molar-refractivity contribution < 1.29 is 18.3 Å². The molecule has 3 heterocycles. The molecule has 0 bridgehead atoms. The van der Waals surface area contributed by atoms with Crippen LogP contribution in [0.25, 0.3) is 0 Å². The molecule has 0 spiro atoms. The van der Waals surface area contributed by atoms with Crippen LogP contribution in [-0.4, -0.2) is 48.6 Å². The average molecular weight is 372 g/mol. The maximum Gasteiger partial charge on any atom is 0.257 e. The third kappa shape index (κ3) is 4.22. The molecule has 1 amide bonds. The highest BCUT2D eigenvalue weighted by Gasteiger charge is 2.29. The van der Waals surface area contributed by atoms with E-state index in [1.807, 2.05) is 11.0 Å². The minimum atomic E-state index is -0.255. The van der Waals surface area contributed by atoms with Crippen LogP contribution in [0.3, 0.4) is 0 Å². The Hall–Kier alpha value is -2.18. The SMILES string of the molecule is O=C(c1coc(CN2CCOCC2)c1)N1CCCC[C@H]1c1ccc(F)cc1. The molecule has 144 valence electrons. The zero-order valence-corrected chi connectivity index (χ0v) is 15.4. The fourth-order valence-corrected chi connectivity index (χ4v) is 3.93. The van der Waals surface area contributed by atoms with Gasteiger partial charge in [-0.25, -0.2) is 4.39 Å². The second-order valence-electron chi connectivity index (χ2n) is 7.25. The van der Waals surface area contributed by atoms with Crippen molar-refractivity contribution in [3.05, 3.63) is 59.3 Å². The lowest BCUT2D eigenvalue weighted by molar-refractivity contribution is 0.0313. The number of benzene rings is 1. The molecule has 2 aliphatic rings. The van der Waals surface area contributed by atoms with Gasteiger partial charge in [0, 0.05) is 19.6 Å². The van der Waals surface area contributed by atoms with Gasteiger partial charge in [0.1, 0.15) is 17.8 Å². The predicted molar refractivity (Wildman–Crippen MR) is 98.8 cm³/mol. The number of furan rings is 1. The Labute approximate surface area is 158 Å². The van der Waals surface area contributed by atoms with Gasteiger partial charge >= 0.3 is 0 Å². The van der Waals surface area contributed by atoms with Crippen LogP contribution in [-0.2, 0) is 11.3 Å². The van der Waals surface area contributed by atoms with Crippen molar-refractivity contribution in [1.82, 2.24) is 9.80 Å². The lowest BCUT2D eigenvalue weighted by Gasteiger charge is -2.36. The number of halogens is 1. The molecule has 2 saturated heterocycles. The third-order valence-corrected chi connectivity index (χ3v) is 5.40. The summed E-state index contributed by atoms with van der Waals surface area (Å²) in [6, 6.07) is 8.34. The van der Waals surface area contributed by atoms with E-state index < -0.39 is 0 Å². The smallest absolute Gasteiger partial charge is 0.257 e. The Morgan fingerprint density at radius 1 is 1.11 bits per heavy atom. The van der Waals surface area contributed by atoms with E-state index in [4.69, 9.17) is 9.15 Å². The molecule has 1 atom stereocenters. The predicted octanol–water partition coefficient (Wildman–Crippen LogP) is 3.62. The maximum absolute atomic E-state index is 13.3. The Kier molecular flexibility index (Phi) is 5.55.